The Balaban J connectivity index is 2.88. The van der Waals surface area contributed by atoms with Crippen LogP contribution in [0.5, 0.6) is 11.5 Å². The van der Waals surface area contributed by atoms with Crippen LogP contribution in [0, 0.1) is 5.82 Å². The number of halogens is 1. The first-order chi connectivity index (χ1) is 10.2. The van der Waals surface area contributed by atoms with Crippen LogP contribution < -0.4 is 14.8 Å². The molecule has 0 saturated carbocycles. The van der Waals surface area contributed by atoms with Crippen molar-refractivity contribution in [2.45, 2.75) is 24.7 Å². The number of ether oxygens (including phenoxy) is 2. The minimum absolute atomic E-state index is 0.0533. The predicted molar refractivity (Wildman–Crippen MR) is 79.6 cm³/mol. The summed E-state index contributed by atoms with van der Waals surface area (Å²) in [5, 5.41) is 11.3. The van der Waals surface area contributed by atoms with Gasteiger partial charge in [0.05, 0.1) is 20.3 Å². The zero-order valence-corrected chi connectivity index (χ0v) is 13.4. The fraction of sp³-hybridized carbons (Fsp3) is 0.538. The van der Waals surface area contributed by atoms with E-state index >= 15 is 0 Å². The fourth-order valence-electron chi connectivity index (χ4n) is 2.01. The molecule has 0 aliphatic carbocycles. The van der Waals surface area contributed by atoms with E-state index in [0.717, 1.165) is 0 Å². The molecule has 7 nitrogen and oxygen atoms in total. The number of aliphatic hydroxyl groups excluding tert-OH is 1. The number of methoxy groups -OCH3 is 2. The highest BCUT2D eigenvalue weighted by molar-refractivity contribution is 7.86. The Labute approximate surface area is 128 Å². The van der Waals surface area contributed by atoms with Gasteiger partial charge in [0, 0.05) is 24.4 Å². The summed E-state index contributed by atoms with van der Waals surface area (Å²) in [4.78, 5) is 0. The van der Waals surface area contributed by atoms with Crippen molar-refractivity contribution in [1.82, 2.24) is 0 Å². The van der Waals surface area contributed by atoms with Crippen molar-refractivity contribution in [3.63, 3.8) is 0 Å². The molecule has 1 aromatic carbocycles. The van der Waals surface area contributed by atoms with Gasteiger partial charge in [-0.25, -0.2) is 0 Å². The van der Waals surface area contributed by atoms with Gasteiger partial charge in [0.15, 0.2) is 11.5 Å². The number of rotatable bonds is 8. The number of benzene rings is 1. The first-order valence-corrected chi connectivity index (χ1v) is 8.04. The molecule has 0 saturated heterocycles. The summed E-state index contributed by atoms with van der Waals surface area (Å²) < 4.78 is 54.8. The Morgan fingerprint density at radius 2 is 1.77 bits per heavy atom. The van der Waals surface area contributed by atoms with Gasteiger partial charge < -0.3 is 19.9 Å². The predicted octanol–water partition coefficient (Wildman–Crippen LogP) is 1.28. The van der Waals surface area contributed by atoms with E-state index in [1.807, 2.05) is 0 Å². The van der Waals surface area contributed by atoms with Gasteiger partial charge in [0.2, 0.25) is 5.82 Å². The maximum atomic E-state index is 13.8. The lowest BCUT2D eigenvalue weighted by molar-refractivity contribution is 0.175. The highest BCUT2D eigenvalue weighted by Gasteiger charge is 2.29. The smallest absolute Gasteiger partial charge is 0.270 e. The van der Waals surface area contributed by atoms with Gasteiger partial charge in [-0.05, 0) is 6.42 Å². The SMILES string of the molecule is CCC(C(O)CNc1cc(OC)c(F)c(OC)c1)S(=O)(=O)O. The molecule has 0 aliphatic rings. The van der Waals surface area contributed by atoms with Crippen molar-refractivity contribution in [1.29, 1.82) is 0 Å². The molecule has 2 atom stereocenters. The van der Waals surface area contributed by atoms with E-state index in [9.17, 15) is 17.9 Å². The molecular formula is C13H20FNO6S. The molecule has 0 fully saturated rings. The van der Waals surface area contributed by atoms with Gasteiger partial charge in [-0.1, -0.05) is 6.92 Å². The Hall–Kier alpha value is -1.58. The maximum Gasteiger partial charge on any atom is 0.270 e. The number of nitrogens with one attached hydrogen (secondary N) is 1. The lowest BCUT2D eigenvalue weighted by Gasteiger charge is -2.20. The van der Waals surface area contributed by atoms with Crippen LogP contribution in [0.25, 0.3) is 0 Å². The summed E-state index contributed by atoms with van der Waals surface area (Å²) in [7, 11) is -1.76. The lowest BCUT2D eigenvalue weighted by Crippen LogP contribution is -2.38. The van der Waals surface area contributed by atoms with Crippen LogP contribution in [0.4, 0.5) is 10.1 Å². The Morgan fingerprint density at radius 3 is 2.14 bits per heavy atom. The maximum absolute atomic E-state index is 13.8. The van der Waals surface area contributed by atoms with Gasteiger partial charge in [0.1, 0.15) is 5.25 Å². The van der Waals surface area contributed by atoms with E-state index in [4.69, 9.17) is 14.0 Å². The van der Waals surface area contributed by atoms with Crippen LogP contribution in [0.1, 0.15) is 13.3 Å². The van der Waals surface area contributed by atoms with Crippen LogP contribution >= 0.6 is 0 Å². The molecule has 1 rings (SSSR count). The summed E-state index contributed by atoms with van der Waals surface area (Å²) in [6, 6.07) is 2.69. The fourth-order valence-corrected chi connectivity index (χ4v) is 2.92. The normalized spacial score (nSPS) is 14.3. The number of hydrogen-bond donors (Lipinski definition) is 3. The van der Waals surface area contributed by atoms with Gasteiger partial charge in [-0.15, -0.1) is 0 Å². The molecule has 0 aromatic heterocycles. The molecule has 0 amide bonds. The molecule has 3 N–H and O–H groups in total. The van der Waals surface area contributed by atoms with Crippen LogP contribution in [0.2, 0.25) is 0 Å². The zero-order chi connectivity index (χ0) is 16.9. The van der Waals surface area contributed by atoms with E-state index in [1.165, 1.54) is 33.3 Å². The van der Waals surface area contributed by atoms with E-state index in [1.54, 1.807) is 0 Å². The van der Waals surface area contributed by atoms with Crippen LogP contribution in [-0.2, 0) is 10.1 Å². The summed E-state index contributed by atoms with van der Waals surface area (Å²) in [6.45, 7) is 1.38. The average Bonchev–Trinajstić information content (AvgIpc) is 2.45. The highest BCUT2D eigenvalue weighted by Crippen LogP contribution is 2.31. The molecule has 0 spiro atoms. The van der Waals surface area contributed by atoms with E-state index in [2.05, 4.69) is 5.32 Å². The lowest BCUT2D eigenvalue weighted by atomic mass is 10.2. The molecule has 1 aromatic rings. The molecular weight excluding hydrogens is 317 g/mol. The van der Waals surface area contributed by atoms with Crippen LogP contribution in [0.15, 0.2) is 12.1 Å². The third-order valence-corrected chi connectivity index (χ3v) is 4.59. The zero-order valence-electron chi connectivity index (χ0n) is 12.5. The van der Waals surface area contributed by atoms with Crippen molar-refractivity contribution < 1.29 is 31.9 Å². The second-order valence-electron chi connectivity index (χ2n) is 4.60. The summed E-state index contributed by atoms with van der Waals surface area (Å²) in [6.07, 6.45) is -1.28. The molecule has 0 aliphatic heterocycles. The summed E-state index contributed by atoms with van der Waals surface area (Å²) >= 11 is 0. The van der Waals surface area contributed by atoms with Crippen molar-refractivity contribution in [3.8, 4) is 11.5 Å². The molecule has 0 bridgehead atoms. The first-order valence-electron chi connectivity index (χ1n) is 6.54. The molecule has 0 heterocycles. The van der Waals surface area contributed by atoms with E-state index < -0.39 is 27.3 Å². The molecule has 9 heteroatoms. The highest BCUT2D eigenvalue weighted by atomic mass is 32.2. The van der Waals surface area contributed by atoms with Gasteiger partial charge >= 0.3 is 0 Å². The minimum atomic E-state index is -4.35. The van der Waals surface area contributed by atoms with Crippen LogP contribution in [0.3, 0.4) is 0 Å². The number of anilines is 1. The molecule has 126 valence electrons. The second-order valence-corrected chi connectivity index (χ2v) is 6.24. The Morgan fingerprint density at radius 1 is 1.27 bits per heavy atom. The Kier molecular flexibility index (Phi) is 6.39. The first kappa shape index (κ1) is 18.5. The Bertz CT molecular complexity index is 582. The molecule has 22 heavy (non-hydrogen) atoms. The third kappa shape index (κ3) is 4.46. The second kappa shape index (κ2) is 7.61. The summed E-state index contributed by atoms with van der Waals surface area (Å²) in [5.74, 6) is -0.781. The van der Waals surface area contributed by atoms with Crippen LogP contribution in [-0.4, -0.2) is 50.2 Å². The van der Waals surface area contributed by atoms with Crippen molar-refractivity contribution in [2.75, 3.05) is 26.1 Å². The largest absolute Gasteiger partial charge is 0.493 e. The van der Waals surface area contributed by atoms with E-state index in [0.29, 0.717) is 5.69 Å². The third-order valence-electron chi connectivity index (χ3n) is 3.18. The summed E-state index contributed by atoms with van der Waals surface area (Å²) in [5.41, 5.74) is 0.374. The van der Waals surface area contributed by atoms with E-state index in [-0.39, 0.29) is 24.5 Å². The average molecular weight is 337 g/mol. The topological polar surface area (TPSA) is 105 Å². The van der Waals surface area contributed by atoms with Crippen molar-refractivity contribution in [2.24, 2.45) is 0 Å². The molecule has 2 unspecified atom stereocenters. The van der Waals surface area contributed by atoms with Gasteiger partial charge in [0.25, 0.3) is 10.1 Å². The van der Waals surface area contributed by atoms with Crippen molar-refractivity contribution >= 4 is 15.8 Å². The quantitative estimate of drug-likeness (QED) is 0.614. The monoisotopic (exact) mass is 337 g/mol. The van der Waals surface area contributed by atoms with Gasteiger partial charge in [-0.3, -0.25) is 4.55 Å². The molecule has 0 radical (unpaired) electrons. The number of hydrogen-bond acceptors (Lipinski definition) is 6. The van der Waals surface area contributed by atoms with Crippen molar-refractivity contribution in [3.05, 3.63) is 17.9 Å². The minimum Gasteiger partial charge on any atom is -0.493 e. The van der Waals surface area contributed by atoms with Gasteiger partial charge in [-0.2, -0.15) is 12.8 Å². The number of aliphatic hydroxyl groups is 1. The standard InChI is InChI=1S/C13H20FNO6S/c1-4-12(22(17,18)19)9(16)7-15-8-5-10(20-2)13(14)11(6-8)21-3/h5-6,9,12,15-16H,4,7H2,1-3H3,(H,17,18,19).